The molecular weight excluding hydrogens is 247 g/mol. The van der Waals surface area contributed by atoms with Gasteiger partial charge in [0.2, 0.25) is 0 Å². The van der Waals surface area contributed by atoms with Crippen molar-refractivity contribution in [2.24, 2.45) is 11.5 Å². The Morgan fingerprint density at radius 1 is 1.16 bits per heavy atom. The summed E-state index contributed by atoms with van der Waals surface area (Å²) in [6.45, 7) is 0.434. The summed E-state index contributed by atoms with van der Waals surface area (Å²) in [5.74, 6) is -0.548. The van der Waals surface area contributed by atoms with E-state index in [1.54, 1.807) is 12.1 Å². The fourth-order valence-electron chi connectivity index (χ4n) is 1.60. The van der Waals surface area contributed by atoms with Crippen molar-refractivity contribution in [1.29, 1.82) is 0 Å². The van der Waals surface area contributed by atoms with Crippen molar-refractivity contribution in [1.82, 2.24) is 0 Å². The minimum absolute atomic E-state index is 0.00269. The van der Waals surface area contributed by atoms with E-state index in [1.807, 2.05) is 12.1 Å². The Kier molecular flexibility index (Phi) is 3.77. The molecule has 0 spiro atoms. The molecular formula is C14H13FN2O2. The van der Waals surface area contributed by atoms with Crippen molar-refractivity contribution in [2.45, 2.75) is 6.54 Å². The van der Waals surface area contributed by atoms with Crippen molar-refractivity contribution < 1.29 is 13.9 Å². The number of ether oxygens (including phenoxy) is 1. The van der Waals surface area contributed by atoms with Crippen molar-refractivity contribution >= 4 is 5.91 Å². The van der Waals surface area contributed by atoms with Gasteiger partial charge < -0.3 is 16.2 Å². The van der Waals surface area contributed by atoms with Gasteiger partial charge in [0.25, 0.3) is 5.91 Å². The number of carbonyl (C=O) groups is 1. The zero-order valence-electron chi connectivity index (χ0n) is 10.1. The first-order chi connectivity index (χ1) is 9.10. The molecule has 0 unspecified atom stereocenters. The molecule has 0 radical (unpaired) electrons. The number of amides is 1. The summed E-state index contributed by atoms with van der Waals surface area (Å²) in [5, 5.41) is 0. The number of primary amides is 1. The SMILES string of the molecule is NCc1ccc(Oc2ccc(F)cc2C(N)=O)cc1. The lowest BCUT2D eigenvalue weighted by atomic mass is 10.2. The second-order valence-corrected chi connectivity index (χ2v) is 3.95. The van der Waals surface area contributed by atoms with Crippen LogP contribution in [0.25, 0.3) is 0 Å². The van der Waals surface area contributed by atoms with Crippen LogP contribution >= 0.6 is 0 Å². The van der Waals surface area contributed by atoms with Gasteiger partial charge in [0, 0.05) is 6.54 Å². The maximum Gasteiger partial charge on any atom is 0.252 e. The van der Waals surface area contributed by atoms with Gasteiger partial charge in [-0.1, -0.05) is 12.1 Å². The first kappa shape index (κ1) is 13.0. The van der Waals surface area contributed by atoms with Crippen molar-refractivity contribution in [3.63, 3.8) is 0 Å². The summed E-state index contributed by atoms with van der Waals surface area (Å²) in [5.41, 5.74) is 11.6. The third-order valence-electron chi connectivity index (χ3n) is 2.59. The first-order valence-electron chi connectivity index (χ1n) is 5.66. The van der Waals surface area contributed by atoms with Gasteiger partial charge in [-0.2, -0.15) is 0 Å². The Morgan fingerprint density at radius 3 is 2.42 bits per heavy atom. The quantitative estimate of drug-likeness (QED) is 0.884. The van der Waals surface area contributed by atoms with Crippen LogP contribution in [0.2, 0.25) is 0 Å². The zero-order valence-corrected chi connectivity index (χ0v) is 10.1. The summed E-state index contributed by atoms with van der Waals surface area (Å²) >= 11 is 0. The first-order valence-corrected chi connectivity index (χ1v) is 5.66. The predicted molar refractivity (Wildman–Crippen MR) is 69.3 cm³/mol. The second-order valence-electron chi connectivity index (χ2n) is 3.95. The minimum Gasteiger partial charge on any atom is -0.457 e. The molecule has 0 aliphatic rings. The third kappa shape index (κ3) is 3.08. The fraction of sp³-hybridized carbons (Fsp3) is 0.0714. The second kappa shape index (κ2) is 5.49. The molecule has 0 aliphatic heterocycles. The van der Waals surface area contributed by atoms with E-state index in [-0.39, 0.29) is 11.3 Å². The molecule has 2 aromatic carbocycles. The molecule has 0 fully saturated rings. The smallest absolute Gasteiger partial charge is 0.252 e. The molecule has 0 heterocycles. The molecule has 0 aromatic heterocycles. The Morgan fingerprint density at radius 2 is 1.84 bits per heavy atom. The largest absolute Gasteiger partial charge is 0.457 e. The molecule has 4 nitrogen and oxygen atoms in total. The molecule has 0 bridgehead atoms. The van der Waals surface area contributed by atoms with E-state index < -0.39 is 11.7 Å². The van der Waals surface area contributed by atoms with E-state index in [9.17, 15) is 9.18 Å². The van der Waals surface area contributed by atoms with Crippen molar-refractivity contribution in [2.75, 3.05) is 0 Å². The zero-order chi connectivity index (χ0) is 13.8. The molecule has 19 heavy (non-hydrogen) atoms. The Balaban J connectivity index is 2.29. The highest BCUT2D eigenvalue weighted by atomic mass is 19.1. The van der Waals surface area contributed by atoms with E-state index in [0.717, 1.165) is 11.6 Å². The fourth-order valence-corrected chi connectivity index (χ4v) is 1.60. The van der Waals surface area contributed by atoms with Gasteiger partial charge in [0.1, 0.15) is 17.3 Å². The van der Waals surface area contributed by atoms with Crippen LogP contribution in [0.15, 0.2) is 42.5 Å². The lowest BCUT2D eigenvalue weighted by Crippen LogP contribution is -2.12. The summed E-state index contributed by atoms with van der Waals surface area (Å²) in [7, 11) is 0. The minimum atomic E-state index is -0.743. The lowest BCUT2D eigenvalue weighted by Gasteiger charge is -2.09. The highest BCUT2D eigenvalue weighted by Crippen LogP contribution is 2.26. The third-order valence-corrected chi connectivity index (χ3v) is 2.59. The molecule has 0 atom stereocenters. The monoisotopic (exact) mass is 260 g/mol. The summed E-state index contributed by atoms with van der Waals surface area (Å²) in [6.07, 6.45) is 0. The van der Waals surface area contributed by atoms with Crippen molar-refractivity contribution in [3.05, 3.63) is 59.4 Å². The van der Waals surface area contributed by atoms with Gasteiger partial charge >= 0.3 is 0 Å². The number of nitrogens with two attached hydrogens (primary N) is 2. The van der Waals surface area contributed by atoms with Gasteiger partial charge in [-0.3, -0.25) is 4.79 Å². The number of carbonyl (C=O) groups excluding carboxylic acids is 1. The van der Waals surface area contributed by atoms with Crippen LogP contribution < -0.4 is 16.2 Å². The van der Waals surface area contributed by atoms with Crippen LogP contribution in [-0.2, 0) is 6.54 Å². The van der Waals surface area contributed by atoms with Gasteiger partial charge in [0.05, 0.1) is 5.56 Å². The number of rotatable bonds is 4. The molecule has 0 aliphatic carbocycles. The van der Waals surface area contributed by atoms with Crippen LogP contribution in [0.4, 0.5) is 4.39 Å². The van der Waals surface area contributed by atoms with E-state index in [1.165, 1.54) is 12.1 Å². The number of hydrogen-bond donors (Lipinski definition) is 2. The normalized spacial score (nSPS) is 10.2. The molecule has 1 amide bonds. The van der Waals surface area contributed by atoms with Crippen LogP contribution in [0.5, 0.6) is 11.5 Å². The predicted octanol–water partition coefficient (Wildman–Crippen LogP) is 2.18. The summed E-state index contributed by atoms with van der Waals surface area (Å²) < 4.78 is 18.6. The number of benzene rings is 2. The highest BCUT2D eigenvalue weighted by Gasteiger charge is 2.11. The molecule has 0 saturated carbocycles. The number of halogens is 1. The van der Waals surface area contributed by atoms with Gasteiger partial charge in [-0.15, -0.1) is 0 Å². The van der Waals surface area contributed by atoms with Gasteiger partial charge in [-0.05, 0) is 35.9 Å². The number of hydrogen-bond acceptors (Lipinski definition) is 3. The van der Waals surface area contributed by atoms with Crippen LogP contribution in [0.1, 0.15) is 15.9 Å². The van der Waals surface area contributed by atoms with Crippen LogP contribution in [-0.4, -0.2) is 5.91 Å². The van der Waals surface area contributed by atoms with Gasteiger partial charge in [-0.25, -0.2) is 4.39 Å². The lowest BCUT2D eigenvalue weighted by molar-refractivity contribution is 0.0997. The van der Waals surface area contributed by atoms with Crippen LogP contribution in [0, 0.1) is 5.82 Å². The Hall–Kier alpha value is -2.40. The molecule has 2 rings (SSSR count). The van der Waals surface area contributed by atoms with E-state index in [2.05, 4.69) is 0 Å². The van der Waals surface area contributed by atoms with Crippen LogP contribution in [0.3, 0.4) is 0 Å². The van der Waals surface area contributed by atoms with Crippen molar-refractivity contribution in [3.8, 4) is 11.5 Å². The van der Waals surface area contributed by atoms with Gasteiger partial charge in [0.15, 0.2) is 0 Å². The highest BCUT2D eigenvalue weighted by molar-refractivity contribution is 5.95. The van der Waals surface area contributed by atoms with E-state index in [4.69, 9.17) is 16.2 Å². The maximum absolute atomic E-state index is 13.1. The Bertz CT molecular complexity index is 597. The van der Waals surface area contributed by atoms with E-state index in [0.29, 0.717) is 12.3 Å². The summed E-state index contributed by atoms with van der Waals surface area (Å²) in [6, 6.07) is 10.7. The standard InChI is InChI=1S/C14H13FN2O2/c15-10-3-6-13(12(7-10)14(17)18)19-11-4-1-9(8-16)2-5-11/h1-7H,8,16H2,(H2,17,18). The molecule has 0 saturated heterocycles. The average molecular weight is 260 g/mol. The maximum atomic E-state index is 13.1. The molecule has 4 N–H and O–H groups in total. The Labute approximate surface area is 109 Å². The van der Waals surface area contributed by atoms with E-state index >= 15 is 0 Å². The topological polar surface area (TPSA) is 78.3 Å². The average Bonchev–Trinajstić information content (AvgIpc) is 2.41. The molecule has 5 heteroatoms. The molecule has 98 valence electrons. The molecule has 2 aromatic rings. The summed E-state index contributed by atoms with van der Waals surface area (Å²) in [4.78, 5) is 11.2.